The second-order valence-corrected chi connectivity index (χ2v) is 5.00. The molecule has 1 amide bonds. The summed E-state index contributed by atoms with van der Waals surface area (Å²) in [7, 11) is 0. The average Bonchev–Trinajstić information content (AvgIpc) is 2.00. The van der Waals surface area contributed by atoms with Gasteiger partial charge in [-0.2, -0.15) is 0 Å². The molecule has 3 nitrogen and oxygen atoms in total. The van der Waals surface area contributed by atoms with Crippen LogP contribution in [0.4, 0.5) is 0 Å². The first-order valence-electron chi connectivity index (χ1n) is 5.70. The van der Waals surface area contributed by atoms with E-state index in [1.807, 2.05) is 4.90 Å². The highest BCUT2D eigenvalue weighted by Gasteiger charge is 2.41. The smallest absolute Gasteiger partial charge is 0.242 e. The molecule has 2 rings (SSSR count). The number of nitrogens with zero attached hydrogens (tertiary/aromatic N) is 1. The largest absolute Gasteiger partial charge is 0.341 e. The Morgan fingerprint density at radius 2 is 2.14 bits per heavy atom. The van der Waals surface area contributed by atoms with Gasteiger partial charge in [-0.25, -0.2) is 0 Å². The van der Waals surface area contributed by atoms with Crippen molar-refractivity contribution in [3.05, 3.63) is 0 Å². The monoisotopic (exact) mass is 196 g/mol. The van der Waals surface area contributed by atoms with E-state index in [-0.39, 0.29) is 5.91 Å². The number of likely N-dealkylation sites (tertiary alicyclic amines) is 1. The summed E-state index contributed by atoms with van der Waals surface area (Å²) < 4.78 is 0. The third-order valence-electron chi connectivity index (χ3n) is 3.60. The van der Waals surface area contributed by atoms with E-state index in [0.29, 0.717) is 5.92 Å². The van der Waals surface area contributed by atoms with Crippen LogP contribution in [-0.2, 0) is 4.79 Å². The number of amides is 1. The van der Waals surface area contributed by atoms with Crippen LogP contribution in [0.1, 0.15) is 39.0 Å². The van der Waals surface area contributed by atoms with E-state index in [2.05, 4.69) is 6.92 Å². The maximum Gasteiger partial charge on any atom is 0.242 e. The molecule has 0 aromatic rings. The Kier molecular flexibility index (Phi) is 2.52. The summed E-state index contributed by atoms with van der Waals surface area (Å²) in [6.45, 7) is 4.04. The number of carbonyl (C=O) groups excluding carboxylic acids is 1. The van der Waals surface area contributed by atoms with Crippen LogP contribution in [-0.4, -0.2) is 29.4 Å². The SMILES string of the molecule is CC1CCCC(N)(C(=O)N2CCC2)C1. The van der Waals surface area contributed by atoms with Gasteiger partial charge in [-0.1, -0.05) is 19.8 Å². The van der Waals surface area contributed by atoms with Gasteiger partial charge in [0.15, 0.2) is 0 Å². The quantitative estimate of drug-likeness (QED) is 0.683. The summed E-state index contributed by atoms with van der Waals surface area (Å²) in [4.78, 5) is 14.0. The highest BCUT2D eigenvalue weighted by atomic mass is 16.2. The van der Waals surface area contributed by atoms with Gasteiger partial charge >= 0.3 is 0 Å². The maximum atomic E-state index is 12.0. The van der Waals surface area contributed by atoms with Crippen molar-refractivity contribution >= 4 is 5.91 Å². The number of rotatable bonds is 1. The van der Waals surface area contributed by atoms with Crippen LogP contribution >= 0.6 is 0 Å². The van der Waals surface area contributed by atoms with Crippen molar-refractivity contribution in [1.82, 2.24) is 4.90 Å². The topological polar surface area (TPSA) is 46.3 Å². The van der Waals surface area contributed by atoms with E-state index >= 15 is 0 Å². The van der Waals surface area contributed by atoms with E-state index in [4.69, 9.17) is 5.73 Å². The predicted molar refractivity (Wildman–Crippen MR) is 55.7 cm³/mol. The summed E-state index contributed by atoms with van der Waals surface area (Å²) in [5.41, 5.74) is 5.68. The molecule has 0 bridgehead atoms. The molecular formula is C11H20N2O. The van der Waals surface area contributed by atoms with Crippen LogP contribution in [0.5, 0.6) is 0 Å². The fourth-order valence-corrected chi connectivity index (χ4v) is 2.62. The molecule has 0 spiro atoms. The van der Waals surface area contributed by atoms with Gasteiger partial charge in [0.1, 0.15) is 0 Å². The van der Waals surface area contributed by atoms with Gasteiger partial charge in [-0.3, -0.25) is 4.79 Å². The Morgan fingerprint density at radius 3 is 2.64 bits per heavy atom. The van der Waals surface area contributed by atoms with Crippen molar-refractivity contribution in [1.29, 1.82) is 0 Å². The first kappa shape index (κ1) is 9.97. The zero-order valence-electron chi connectivity index (χ0n) is 8.96. The lowest BCUT2D eigenvalue weighted by atomic mass is 9.76. The molecule has 1 saturated carbocycles. The van der Waals surface area contributed by atoms with Crippen LogP contribution in [0.25, 0.3) is 0 Å². The number of nitrogens with two attached hydrogens (primary N) is 1. The Labute approximate surface area is 85.6 Å². The van der Waals surface area contributed by atoms with Gasteiger partial charge < -0.3 is 10.6 Å². The van der Waals surface area contributed by atoms with Crippen molar-refractivity contribution in [3.63, 3.8) is 0 Å². The molecule has 1 aliphatic heterocycles. The molecule has 14 heavy (non-hydrogen) atoms. The first-order valence-corrected chi connectivity index (χ1v) is 5.70. The minimum absolute atomic E-state index is 0.204. The third-order valence-corrected chi connectivity index (χ3v) is 3.60. The lowest BCUT2D eigenvalue weighted by Gasteiger charge is -2.42. The van der Waals surface area contributed by atoms with Crippen LogP contribution in [0.15, 0.2) is 0 Å². The van der Waals surface area contributed by atoms with Crippen molar-refractivity contribution < 1.29 is 4.79 Å². The highest BCUT2D eigenvalue weighted by molar-refractivity contribution is 5.86. The first-order chi connectivity index (χ1) is 6.62. The second-order valence-electron chi connectivity index (χ2n) is 5.00. The lowest BCUT2D eigenvalue weighted by Crippen LogP contribution is -2.60. The molecule has 0 aromatic heterocycles. The van der Waals surface area contributed by atoms with Gasteiger partial charge in [0, 0.05) is 13.1 Å². The molecule has 0 radical (unpaired) electrons. The molecule has 0 aromatic carbocycles. The number of hydrogen-bond donors (Lipinski definition) is 1. The minimum Gasteiger partial charge on any atom is -0.341 e. The molecular weight excluding hydrogens is 176 g/mol. The average molecular weight is 196 g/mol. The van der Waals surface area contributed by atoms with Gasteiger partial charge in [0.2, 0.25) is 5.91 Å². The Hall–Kier alpha value is -0.570. The van der Waals surface area contributed by atoms with Crippen LogP contribution < -0.4 is 5.73 Å². The van der Waals surface area contributed by atoms with Gasteiger partial charge in [0.25, 0.3) is 0 Å². The van der Waals surface area contributed by atoms with Crippen molar-refractivity contribution in [3.8, 4) is 0 Å². The Morgan fingerprint density at radius 1 is 1.43 bits per heavy atom. The predicted octanol–water partition coefficient (Wildman–Crippen LogP) is 1.13. The van der Waals surface area contributed by atoms with Gasteiger partial charge in [0.05, 0.1) is 5.54 Å². The zero-order chi connectivity index (χ0) is 10.2. The van der Waals surface area contributed by atoms with Gasteiger partial charge in [-0.05, 0) is 25.2 Å². The van der Waals surface area contributed by atoms with Crippen LogP contribution in [0.3, 0.4) is 0 Å². The van der Waals surface area contributed by atoms with E-state index in [1.165, 1.54) is 6.42 Å². The standard InChI is InChI=1S/C11H20N2O/c1-9-4-2-5-11(12,8-9)10(14)13-6-3-7-13/h9H,2-8,12H2,1H3. The zero-order valence-corrected chi connectivity index (χ0v) is 8.96. The Balaban J connectivity index is 2.02. The number of hydrogen-bond acceptors (Lipinski definition) is 2. The lowest BCUT2D eigenvalue weighted by molar-refractivity contribution is -0.142. The molecule has 3 heteroatoms. The van der Waals surface area contributed by atoms with E-state index in [0.717, 1.165) is 38.8 Å². The second kappa shape index (κ2) is 3.54. The molecule has 1 saturated heterocycles. The fourth-order valence-electron chi connectivity index (χ4n) is 2.62. The summed E-state index contributed by atoms with van der Waals surface area (Å²) in [6.07, 6.45) is 5.25. The Bertz CT molecular complexity index is 237. The summed E-state index contributed by atoms with van der Waals surface area (Å²) in [5, 5.41) is 0. The molecule has 1 heterocycles. The highest BCUT2D eigenvalue weighted by Crippen LogP contribution is 2.32. The molecule has 2 aliphatic rings. The van der Waals surface area contributed by atoms with E-state index < -0.39 is 5.54 Å². The fraction of sp³-hybridized carbons (Fsp3) is 0.909. The normalized spacial score (nSPS) is 37.9. The third kappa shape index (κ3) is 1.65. The summed E-state index contributed by atoms with van der Waals surface area (Å²) in [6, 6.07) is 0. The van der Waals surface area contributed by atoms with Crippen molar-refractivity contribution in [2.45, 2.75) is 44.6 Å². The van der Waals surface area contributed by atoms with E-state index in [9.17, 15) is 4.79 Å². The van der Waals surface area contributed by atoms with Crippen LogP contribution in [0, 0.1) is 5.92 Å². The minimum atomic E-state index is -0.530. The molecule has 1 aliphatic carbocycles. The molecule has 80 valence electrons. The molecule has 2 N–H and O–H groups in total. The van der Waals surface area contributed by atoms with Crippen molar-refractivity contribution in [2.75, 3.05) is 13.1 Å². The van der Waals surface area contributed by atoms with Crippen molar-refractivity contribution in [2.24, 2.45) is 11.7 Å². The van der Waals surface area contributed by atoms with Gasteiger partial charge in [-0.15, -0.1) is 0 Å². The molecule has 2 unspecified atom stereocenters. The van der Waals surface area contributed by atoms with E-state index in [1.54, 1.807) is 0 Å². The van der Waals surface area contributed by atoms with Crippen LogP contribution in [0.2, 0.25) is 0 Å². The summed E-state index contributed by atoms with van der Waals surface area (Å²) >= 11 is 0. The molecule has 2 fully saturated rings. The maximum absolute atomic E-state index is 12.0. The summed E-state index contributed by atoms with van der Waals surface area (Å²) in [5.74, 6) is 0.814. The number of carbonyl (C=O) groups is 1. The molecule has 2 atom stereocenters.